The van der Waals surface area contributed by atoms with Gasteiger partial charge in [-0.3, -0.25) is 9.69 Å². The molecule has 4 nitrogen and oxygen atoms in total. The van der Waals surface area contributed by atoms with Crippen molar-refractivity contribution in [1.29, 1.82) is 0 Å². The highest BCUT2D eigenvalue weighted by Gasteiger charge is 2.25. The largest absolute Gasteiger partial charge is 0.468 e. The van der Waals surface area contributed by atoms with Crippen molar-refractivity contribution in [3.05, 3.63) is 59.0 Å². The first-order valence-electron chi connectivity index (χ1n) is 7.55. The second-order valence-electron chi connectivity index (χ2n) is 5.49. The standard InChI is InChI=1S/C17H19ClN2O2/c18-14-7-5-13(6-8-14)17(21)19-12-15(16-4-3-11-22-16)20-9-1-2-10-20/h3-8,11,15H,1-2,9-10,12H2,(H,19,21)/t15-/m1/s1. The normalized spacial score (nSPS) is 16.6. The minimum Gasteiger partial charge on any atom is -0.468 e. The van der Waals surface area contributed by atoms with E-state index in [1.54, 1.807) is 30.5 Å². The van der Waals surface area contributed by atoms with Gasteiger partial charge in [0.2, 0.25) is 0 Å². The number of benzene rings is 1. The summed E-state index contributed by atoms with van der Waals surface area (Å²) >= 11 is 5.85. The molecular weight excluding hydrogens is 300 g/mol. The molecule has 22 heavy (non-hydrogen) atoms. The summed E-state index contributed by atoms with van der Waals surface area (Å²) in [5.74, 6) is 0.811. The average molecular weight is 319 g/mol. The molecule has 0 radical (unpaired) electrons. The first-order chi connectivity index (χ1) is 10.7. The fraction of sp³-hybridized carbons (Fsp3) is 0.353. The number of halogens is 1. The van der Waals surface area contributed by atoms with Gasteiger partial charge in [0, 0.05) is 17.1 Å². The highest BCUT2D eigenvalue weighted by atomic mass is 35.5. The van der Waals surface area contributed by atoms with E-state index in [1.165, 1.54) is 12.8 Å². The van der Waals surface area contributed by atoms with Crippen molar-refractivity contribution in [1.82, 2.24) is 10.2 Å². The van der Waals surface area contributed by atoms with E-state index < -0.39 is 0 Å². The third-order valence-corrected chi connectivity index (χ3v) is 4.27. The van der Waals surface area contributed by atoms with E-state index in [4.69, 9.17) is 16.0 Å². The third kappa shape index (κ3) is 3.51. The van der Waals surface area contributed by atoms with Crippen LogP contribution in [0.2, 0.25) is 5.02 Å². The topological polar surface area (TPSA) is 45.5 Å². The van der Waals surface area contributed by atoms with E-state index >= 15 is 0 Å². The van der Waals surface area contributed by atoms with Gasteiger partial charge in [0.25, 0.3) is 5.91 Å². The summed E-state index contributed by atoms with van der Waals surface area (Å²) < 4.78 is 5.55. The molecule has 0 aliphatic carbocycles. The summed E-state index contributed by atoms with van der Waals surface area (Å²) in [5, 5.41) is 3.63. The van der Waals surface area contributed by atoms with Gasteiger partial charge in [-0.25, -0.2) is 0 Å². The second-order valence-corrected chi connectivity index (χ2v) is 5.93. The Bertz CT molecular complexity index is 604. The summed E-state index contributed by atoms with van der Waals surface area (Å²) in [7, 11) is 0. The number of amides is 1. The Morgan fingerprint density at radius 1 is 1.23 bits per heavy atom. The Hall–Kier alpha value is -1.78. The zero-order chi connectivity index (χ0) is 15.4. The maximum absolute atomic E-state index is 12.2. The lowest BCUT2D eigenvalue weighted by Gasteiger charge is -2.26. The second kappa shape index (κ2) is 6.99. The lowest BCUT2D eigenvalue weighted by molar-refractivity contribution is 0.0934. The van der Waals surface area contributed by atoms with Crippen LogP contribution in [0.5, 0.6) is 0 Å². The summed E-state index contributed by atoms with van der Waals surface area (Å²) in [6.45, 7) is 2.62. The van der Waals surface area contributed by atoms with Crippen molar-refractivity contribution in [2.75, 3.05) is 19.6 Å². The molecule has 1 fully saturated rings. The van der Waals surface area contributed by atoms with Crippen LogP contribution in [0.4, 0.5) is 0 Å². The number of carbonyl (C=O) groups is 1. The van der Waals surface area contributed by atoms with Gasteiger partial charge in [-0.1, -0.05) is 11.6 Å². The molecule has 1 saturated heterocycles. The van der Waals surface area contributed by atoms with Crippen LogP contribution in [0.25, 0.3) is 0 Å². The number of carbonyl (C=O) groups excluding carboxylic acids is 1. The Balaban J connectivity index is 1.66. The summed E-state index contributed by atoms with van der Waals surface area (Å²) in [6, 6.07) is 10.9. The van der Waals surface area contributed by atoms with Crippen LogP contribution >= 0.6 is 11.6 Å². The number of rotatable bonds is 5. The van der Waals surface area contributed by atoms with E-state index in [0.29, 0.717) is 17.1 Å². The van der Waals surface area contributed by atoms with Gasteiger partial charge in [0.1, 0.15) is 5.76 Å². The molecule has 2 aromatic rings. The van der Waals surface area contributed by atoms with Crippen LogP contribution in [-0.2, 0) is 0 Å². The van der Waals surface area contributed by atoms with Crippen LogP contribution in [-0.4, -0.2) is 30.4 Å². The SMILES string of the molecule is O=C(NC[C@H](c1ccco1)N1CCCC1)c1ccc(Cl)cc1. The van der Waals surface area contributed by atoms with Gasteiger partial charge in [-0.15, -0.1) is 0 Å². The van der Waals surface area contributed by atoms with Crippen LogP contribution in [0.15, 0.2) is 47.1 Å². The molecule has 116 valence electrons. The number of hydrogen-bond acceptors (Lipinski definition) is 3. The molecule has 1 aliphatic rings. The maximum Gasteiger partial charge on any atom is 0.251 e. The molecule has 1 N–H and O–H groups in total. The number of furan rings is 1. The molecule has 1 amide bonds. The molecule has 2 heterocycles. The lowest BCUT2D eigenvalue weighted by Crippen LogP contribution is -2.36. The fourth-order valence-electron chi connectivity index (χ4n) is 2.84. The zero-order valence-electron chi connectivity index (χ0n) is 12.3. The minimum absolute atomic E-state index is 0.0904. The molecule has 3 rings (SSSR count). The number of likely N-dealkylation sites (tertiary alicyclic amines) is 1. The van der Waals surface area contributed by atoms with Crippen LogP contribution in [0, 0.1) is 0 Å². The van der Waals surface area contributed by atoms with Gasteiger partial charge in [0.05, 0.1) is 12.3 Å². The van der Waals surface area contributed by atoms with Crippen molar-refractivity contribution in [3.8, 4) is 0 Å². The van der Waals surface area contributed by atoms with E-state index in [-0.39, 0.29) is 11.9 Å². The molecule has 1 aromatic carbocycles. The summed E-state index contributed by atoms with van der Waals surface area (Å²) in [6.07, 6.45) is 4.07. The summed E-state index contributed by atoms with van der Waals surface area (Å²) in [5.41, 5.74) is 0.615. The Morgan fingerprint density at radius 3 is 2.59 bits per heavy atom. The average Bonchev–Trinajstić information content (AvgIpc) is 3.22. The Kier molecular flexibility index (Phi) is 4.80. The quantitative estimate of drug-likeness (QED) is 0.917. The smallest absolute Gasteiger partial charge is 0.251 e. The van der Waals surface area contributed by atoms with E-state index in [2.05, 4.69) is 10.2 Å². The van der Waals surface area contributed by atoms with Crippen molar-refractivity contribution in [2.24, 2.45) is 0 Å². The van der Waals surface area contributed by atoms with Crippen molar-refractivity contribution < 1.29 is 9.21 Å². The van der Waals surface area contributed by atoms with Crippen LogP contribution in [0.1, 0.15) is 35.0 Å². The molecule has 0 saturated carbocycles. The first-order valence-corrected chi connectivity index (χ1v) is 7.93. The molecule has 1 aromatic heterocycles. The van der Waals surface area contributed by atoms with E-state index in [9.17, 15) is 4.79 Å². The molecule has 1 atom stereocenters. The molecule has 1 aliphatic heterocycles. The predicted molar refractivity (Wildman–Crippen MR) is 86.0 cm³/mol. The van der Waals surface area contributed by atoms with Gasteiger partial charge in [0.15, 0.2) is 0 Å². The molecule has 5 heteroatoms. The Morgan fingerprint density at radius 2 is 1.95 bits per heavy atom. The van der Waals surface area contributed by atoms with Crippen molar-refractivity contribution in [3.63, 3.8) is 0 Å². The highest BCUT2D eigenvalue weighted by Crippen LogP contribution is 2.25. The first kappa shape index (κ1) is 15.1. The third-order valence-electron chi connectivity index (χ3n) is 4.02. The minimum atomic E-state index is -0.0904. The van der Waals surface area contributed by atoms with Gasteiger partial charge in [-0.2, -0.15) is 0 Å². The predicted octanol–water partition coefficient (Wildman–Crippen LogP) is 3.50. The van der Waals surface area contributed by atoms with Gasteiger partial charge in [-0.05, 0) is 62.3 Å². The molecule has 0 bridgehead atoms. The van der Waals surface area contributed by atoms with E-state index in [0.717, 1.165) is 18.8 Å². The Labute approximate surface area is 135 Å². The molecule has 0 unspecified atom stereocenters. The molecule has 0 spiro atoms. The van der Waals surface area contributed by atoms with Gasteiger partial charge >= 0.3 is 0 Å². The molecular formula is C17H19ClN2O2. The van der Waals surface area contributed by atoms with Crippen molar-refractivity contribution in [2.45, 2.75) is 18.9 Å². The van der Waals surface area contributed by atoms with Crippen molar-refractivity contribution >= 4 is 17.5 Å². The monoisotopic (exact) mass is 318 g/mol. The maximum atomic E-state index is 12.2. The zero-order valence-corrected chi connectivity index (χ0v) is 13.1. The van der Waals surface area contributed by atoms with Crippen LogP contribution < -0.4 is 5.32 Å². The van der Waals surface area contributed by atoms with Gasteiger partial charge < -0.3 is 9.73 Å². The summed E-state index contributed by atoms with van der Waals surface area (Å²) in [4.78, 5) is 14.6. The van der Waals surface area contributed by atoms with E-state index in [1.807, 2.05) is 12.1 Å². The number of hydrogen-bond donors (Lipinski definition) is 1. The number of nitrogens with one attached hydrogen (secondary N) is 1. The van der Waals surface area contributed by atoms with Crippen LogP contribution in [0.3, 0.4) is 0 Å². The lowest BCUT2D eigenvalue weighted by atomic mass is 10.1. The highest BCUT2D eigenvalue weighted by molar-refractivity contribution is 6.30. The number of nitrogens with zero attached hydrogens (tertiary/aromatic N) is 1. The fourth-order valence-corrected chi connectivity index (χ4v) is 2.96.